The van der Waals surface area contributed by atoms with Crippen molar-refractivity contribution in [3.63, 3.8) is 0 Å². The lowest BCUT2D eigenvalue weighted by atomic mass is 10.2. The molecule has 148 valence electrons. The average Bonchev–Trinajstić information content (AvgIpc) is 3.25. The van der Waals surface area contributed by atoms with Gasteiger partial charge >= 0.3 is 5.69 Å². The first kappa shape index (κ1) is 20.2. The average molecular weight is 465 g/mol. The molecule has 0 aliphatic heterocycles. The molecule has 10 heteroatoms. The minimum Gasteiger partial charge on any atom is -0.280 e. The SMILES string of the molecule is Cn1c(=O)c2c(SCc3ccc(Cl)c(Cl)c3)nc(-c3cccs3)nc2n(C)c1=O. The summed E-state index contributed by atoms with van der Waals surface area (Å²) in [6.07, 6.45) is 0. The van der Waals surface area contributed by atoms with Crippen LogP contribution in [0.25, 0.3) is 21.7 Å². The summed E-state index contributed by atoms with van der Waals surface area (Å²) in [6, 6.07) is 9.20. The van der Waals surface area contributed by atoms with Gasteiger partial charge in [-0.05, 0) is 29.1 Å². The molecule has 29 heavy (non-hydrogen) atoms. The molecular formula is C19H14Cl2N4O2S2. The highest BCUT2D eigenvalue weighted by Crippen LogP contribution is 2.31. The van der Waals surface area contributed by atoms with E-state index in [9.17, 15) is 9.59 Å². The van der Waals surface area contributed by atoms with Gasteiger partial charge in [-0.25, -0.2) is 14.8 Å². The number of thioether (sulfide) groups is 1. The smallest absolute Gasteiger partial charge is 0.280 e. The number of rotatable bonds is 4. The van der Waals surface area contributed by atoms with Crippen molar-refractivity contribution >= 4 is 57.3 Å². The number of fused-ring (bicyclic) bond motifs is 1. The molecule has 0 aliphatic carbocycles. The Hall–Kier alpha value is -2.13. The first-order valence-electron chi connectivity index (χ1n) is 8.45. The van der Waals surface area contributed by atoms with Crippen molar-refractivity contribution in [1.82, 2.24) is 19.1 Å². The third-order valence-electron chi connectivity index (χ3n) is 4.37. The fourth-order valence-electron chi connectivity index (χ4n) is 2.83. The largest absolute Gasteiger partial charge is 0.332 e. The fraction of sp³-hybridized carbons (Fsp3) is 0.158. The van der Waals surface area contributed by atoms with E-state index in [0.717, 1.165) is 15.0 Å². The summed E-state index contributed by atoms with van der Waals surface area (Å²) < 4.78 is 2.44. The Labute approximate surface area is 183 Å². The Morgan fingerprint density at radius 1 is 1.07 bits per heavy atom. The summed E-state index contributed by atoms with van der Waals surface area (Å²) in [6.45, 7) is 0. The third-order valence-corrected chi connectivity index (χ3v) is 7.02. The van der Waals surface area contributed by atoms with Gasteiger partial charge in [0.1, 0.15) is 10.4 Å². The molecule has 0 saturated carbocycles. The van der Waals surface area contributed by atoms with Crippen LogP contribution in [0.4, 0.5) is 0 Å². The van der Waals surface area contributed by atoms with Gasteiger partial charge in [-0.2, -0.15) is 0 Å². The molecule has 4 aromatic rings. The number of hydrogen-bond donors (Lipinski definition) is 0. The van der Waals surface area contributed by atoms with Gasteiger partial charge < -0.3 is 0 Å². The van der Waals surface area contributed by atoms with Gasteiger partial charge in [0.2, 0.25) is 0 Å². The number of hydrogen-bond acceptors (Lipinski definition) is 6. The second kappa shape index (κ2) is 7.95. The molecule has 0 unspecified atom stereocenters. The van der Waals surface area contributed by atoms with E-state index in [0.29, 0.717) is 37.7 Å². The van der Waals surface area contributed by atoms with E-state index in [1.807, 2.05) is 23.6 Å². The quantitative estimate of drug-likeness (QED) is 0.331. The van der Waals surface area contributed by atoms with Crippen LogP contribution in [-0.2, 0) is 19.8 Å². The molecule has 0 saturated heterocycles. The van der Waals surface area contributed by atoms with Crippen LogP contribution in [0.15, 0.2) is 50.3 Å². The maximum atomic E-state index is 12.9. The lowest BCUT2D eigenvalue weighted by molar-refractivity contribution is 0.703. The topological polar surface area (TPSA) is 69.8 Å². The van der Waals surface area contributed by atoms with E-state index >= 15 is 0 Å². The van der Waals surface area contributed by atoms with Crippen molar-refractivity contribution in [3.05, 3.63) is 72.2 Å². The monoisotopic (exact) mass is 464 g/mol. The summed E-state index contributed by atoms with van der Waals surface area (Å²) in [5.41, 5.74) is 0.403. The van der Waals surface area contributed by atoms with Crippen molar-refractivity contribution in [2.24, 2.45) is 14.1 Å². The van der Waals surface area contributed by atoms with Gasteiger partial charge in [-0.15, -0.1) is 23.1 Å². The van der Waals surface area contributed by atoms with Crippen LogP contribution in [0.5, 0.6) is 0 Å². The van der Waals surface area contributed by atoms with Crippen LogP contribution < -0.4 is 11.2 Å². The predicted molar refractivity (Wildman–Crippen MR) is 119 cm³/mol. The van der Waals surface area contributed by atoms with Crippen molar-refractivity contribution in [1.29, 1.82) is 0 Å². The molecule has 0 amide bonds. The fourth-order valence-corrected chi connectivity index (χ4v) is 4.77. The van der Waals surface area contributed by atoms with E-state index in [-0.39, 0.29) is 0 Å². The summed E-state index contributed by atoms with van der Waals surface area (Å²) in [5.74, 6) is 1.01. The second-order valence-corrected chi connectivity index (χ2v) is 9.00. The first-order chi connectivity index (χ1) is 13.9. The molecule has 0 atom stereocenters. The van der Waals surface area contributed by atoms with Crippen LogP contribution in [0, 0.1) is 0 Å². The van der Waals surface area contributed by atoms with Crippen LogP contribution in [-0.4, -0.2) is 19.1 Å². The molecular weight excluding hydrogens is 451 g/mol. The number of aryl methyl sites for hydroxylation is 1. The Morgan fingerprint density at radius 3 is 2.55 bits per heavy atom. The van der Waals surface area contributed by atoms with Gasteiger partial charge in [0, 0.05) is 19.8 Å². The summed E-state index contributed by atoms with van der Waals surface area (Å²) in [5, 5.41) is 3.71. The molecule has 3 aromatic heterocycles. The van der Waals surface area contributed by atoms with Crippen LogP contribution in [0.3, 0.4) is 0 Å². The molecule has 3 heterocycles. The molecule has 0 fully saturated rings. The number of benzene rings is 1. The van der Waals surface area contributed by atoms with Crippen LogP contribution in [0.1, 0.15) is 5.56 Å². The third kappa shape index (κ3) is 3.73. The predicted octanol–water partition coefficient (Wildman–Crippen LogP) is 4.35. The van der Waals surface area contributed by atoms with Gasteiger partial charge in [0.25, 0.3) is 5.56 Å². The zero-order chi connectivity index (χ0) is 20.7. The van der Waals surface area contributed by atoms with Crippen molar-refractivity contribution in [3.8, 4) is 10.7 Å². The molecule has 0 N–H and O–H groups in total. The molecule has 0 aliphatic rings. The van der Waals surface area contributed by atoms with Gasteiger partial charge in [0.05, 0.1) is 14.9 Å². The first-order valence-corrected chi connectivity index (χ1v) is 11.1. The zero-order valence-electron chi connectivity index (χ0n) is 15.3. The Kier molecular flexibility index (Phi) is 5.52. The summed E-state index contributed by atoms with van der Waals surface area (Å²) >= 11 is 15.0. The van der Waals surface area contributed by atoms with Gasteiger partial charge in [-0.1, -0.05) is 35.3 Å². The van der Waals surface area contributed by atoms with E-state index in [4.69, 9.17) is 23.2 Å². The lowest BCUT2D eigenvalue weighted by Crippen LogP contribution is -2.37. The number of nitrogens with zero attached hydrogens (tertiary/aromatic N) is 4. The standard InChI is InChI=1S/C19H14Cl2N4O2S2/c1-24-16-14(18(26)25(2)19(24)27)17(23-15(22-16)13-4-3-7-28-13)29-9-10-5-6-11(20)12(21)8-10/h3-8H,9H2,1-2H3. The summed E-state index contributed by atoms with van der Waals surface area (Å²) in [4.78, 5) is 35.3. The summed E-state index contributed by atoms with van der Waals surface area (Å²) in [7, 11) is 3.05. The molecule has 0 bridgehead atoms. The molecule has 6 nitrogen and oxygen atoms in total. The van der Waals surface area contributed by atoms with Crippen molar-refractivity contribution in [2.45, 2.75) is 10.8 Å². The van der Waals surface area contributed by atoms with E-state index in [2.05, 4.69) is 9.97 Å². The number of thiophene rings is 1. The minimum absolute atomic E-state index is 0.313. The highest BCUT2D eigenvalue weighted by Gasteiger charge is 2.18. The Morgan fingerprint density at radius 2 is 1.86 bits per heavy atom. The van der Waals surface area contributed by atoms with Crippen LogP contribution >= 0.6 is 46.3 Å². The normalized spacial score (nSPS) is 11.3. The van der Waals surface area contributed by atoms with Crippen molar-refractivity contribution < 1.29 is 0 Å². The van der Waals surface area contributed by atoms with Crippen molar-refractivity contribution in [2.75, 3.05) is 0 Å². The highest BCUT2D eigenvalue weighted by molar-refractivity contribution is 7.98. The molecule has 0 radical (unpaired) electrons. The maximum absolute atomic E-state index is 12.9. The highest BCUT2D eigenvalue weighted by atomic mass is 35.5. The Balaban J connectivity index is 1.89. The minimum atomic E-state index is -0.432. The lowest BCUT2D eigenvalue weighted by Gasteiger charge is -2.11. The zero-order valence-corrected chi connectivity index (χ0v) is 18.5. The maximum Gasteiger partial charge on any atom is 0.332 e. The van der Waals surface area contributed by atoms with E-state index in [1.54, 1.807) is 19.2 Å². The van der Waals surface area contributed by atoms with E-state index in [1.165, 1.54) is 34.7 Å². The van der Waals surface area contributed by atoms with E-state index < -0.39 is 11.2 Å². The molecule has 0 spiro atoms. The second-order valence-electron chi connectivity index (χ2n) is 6.27. The Bertz CT molecular complexity index is 1350. The molecule has 1 aromatic carbocycles. The molecule has 4 rings (SSSR count). The van der Waals surface area contributed by atoms with Gasteiger partial charge in [0.15, 0.2) is 11.5 Å². The van der Waals surface area contributed by atoms with Gasteiger partial charge in [-0.3, -0.25) is 13.9 Å². The number of aromatic nitrogens is 4. The van der Waals surface area contributed by atoms with Crippen LogP contribution in [0.2, 0.25) is 10.0 Å². The number of halogens is 2.